The lowest BCUT2D eigenvalue weighted by Gasteiger charge is -2.47. The Hall–Kier alpha value is -4.86. The van der Waals surface area contributed by atoms with E-state index in [1.807, 2.05) is 23.2 Å². The number of benzene rings is 1. The fraction of sp³-hybridized carbons (Fsp3) is 0.267. The summed E-state index contributed by atoms with van der Waals surface area (Å²) in [6.07, 6.45) is 7.24. The SMILES string of the molecule is C=CC(=O)N1CCN(c2ccc3ncnc(Nc4ccc(Cc5ccn6ncnc6c5)c(C)c4)c3n2)CC1(C)C. The third-order valence-corrected chi connectivity index (χ3v) is 7.48. The highest BCUT2D eigenvalue weighted by molar-refractivity contribution is 5.89. The molecule has 1 aromatic carbocycles. The third kappa shape index (κ3) is 4.84. The molecule has 5 aromatic rings. The molecule has 1 N–H and O–H groups in total. The van der Waals surface area contributed by atoms with E-state index in [0.717, 1.165) is 29.1 Å². The fourth-order valence-electron chi connectivity index (χ4n) is 5.36. The van der Waals surface area contributed by atoms with Crippen LogP contribution in [0.5, 0.6) is 0 Å². The summed E-state index contributed by atoms with van der Waals surface area (Å²) in [5, 5.41) is 7.63. The van der Waals surface area contributed by atoms with Crippen molar-refractivity contribution in [1.29, 1.82) is 0 Å². The lowest BCUT2D eigenvalue weighted by Crippen LogP contribution is -2.61. The van der Waals surface area contributed by atoms with Gasteiger partial charge in [0.15, 0.2) is 11.5 Å². The lowest BCUT2D eigenvalue weighted by atomic mass is 9.98. The van der Waals surface area contributed by atoms with Crippen molar-refractivity contribution in [2.45, 2.75) is 32.7 Å². The van der Waals surface area contributed by atoms with Gasteiger partial charge >= 0.3 is 0 Å². The number of nitrogens with zero attached hydrogens (tertiary/aromatic N) is 8. The van der Waals surface area contributed by atoms with Crippen molar-refractivity contribution in [3.8, 4) is 0 Å². The molecule has 0 unspecified atom stereocenters. The molecule has 10 nitrogen and oxygen atoms in total. The molecule has 0 spiro atoms. The van der Waals surface area contributed by atoms with Gasteiger partial charge in [0.1, 0.15) is 24.0 Å². The molecule has 1 aliphatic rings. The van der Waals surface area contributed by atoms with E-state index in [-0.39, 0.29) is 11.4 Å². The Labute approximate surface area is 232 Å². The Kier molecular flexibility index (Phi) is 6.37. The number of carbonyl (C=O) groups is 1. The average molecular weight is 534 g/mol. The Bertz CT molecular complexity index is 1740. The monoisotopic (exact) mass is 533 g/mol. The van der Waals surface area contributed by atoms with Crippen LogP contribution in [-0.4, -0.2) is 65.5 Å². The Morgan fingerprint density at radius 1 is 1.07 bits per heavy atom. The number of aryl methyl sites for hydroxylation is 1. The van der Waals surface area contributed by atoms with Crippen LogP contribution in [0.1, 0.15) is 30.5 Å². The van der Waals surface area contributed by atoms with Gasteiger partial charge in [0.25, 0.3) is 0 Å². The summed E-state index contributed by atoms with van der Waals surface area (Å²) < 4.78 is 1.76. The summed E-state index contributed by atoms with van der Waals surface area (Å²) in [4.78, 5) is 34.6. The van der Waals surface area contributed by atoms with Crippen molar-refractivity contribution in [2.75, 3.05) is 29.9 Å². The Balaban J connectivity index is 1.23. The van der Waals surface area contributed by atoms with Crippen LogP contribution in [0.25, 0.3) is 16.7 Å². The van der Waals surface area contributed by atoms with Gasteiger partial charge in [0, 0.05) is 31.5 Å². The molecule has 1 saturated heterocycles. The highest BCUT2D eigenvalue weighted by Gasteiger charge is 2.36. The van der Waals surface area contributed by atoms with Gasteiger partial charge in [0.2, 0.25) is 5.91 Å². The highest BCUT2D eigenvalue weighted by atomic mass is 16.2. The quantitative estimate of drug-likeness (QED) is 0.322. The molecule has 4 aromatic heterocycles. The minimum absolute atomic E-state index is 0.0475. The first-order chi connectivity index (χ1) is 19.3. The van der Waals surface area contributed by atoms with Crippen molar-refractivity contribution in [3.63, 3.8) is 0 Å². The number of hydrogen-bond donors (Lipinski definition) is 1. The summed E-state index contributed by atoms with van der Waals surface area (Å²) in [5.41, 5.74) is 6.47. The zero-order valence-corrected chi connectivity index (χ0v) is 22.9. The largest absolute Gasteiger partial charge is 0.352 e. The second-order valence-corrected chi connectivity index (χ2v) is 10.7. The number of nitrogens with one attached hydrogen (secondary N) is 1. The van der Waals surface area contributed by atoms with Gasteiger partial charge in [-0.3, -0.25) is 4.79 Å². The van der Waals surface area contributed by atoms with E-state index in [1.54, 1.807) is 17.2 Å². The van der Waals surface area contributed by atoms with Crippen LogP contribution in [0.15, 0.2) is 74.0 Å². The van der Waals surface area contributed by atoms with E-state index < -0.39 is 0 Å². The molecule has 0 radical (unpaired) electrons. The van der Waals surface area contributed by atoms with Crippen molar-refractivity contribution in [1.82, 2.24) is 34.4 Å². The second-order valence-electron chi connectivity index (χ2n) is 10.7. The van der Waals surface area contributed by atoms with Crippen molar-refractivity contribution in [2.24, 2.45) is 0 Å². The topological polar surface area (TPSA) is 104 Å². The first-order valence-electron chi connectivity index (χ1n) is 13.3. The number of fused-ring (bicyclic) bond motifs is 2. The molecule has 40 heavy (non-hydrogen) atoms. The van der Waals surface area contributed by atoms with Crippen molar-refractivity contribution < 1.29 is 4.79 Å². The average Bonchev–Trinajstić information content (AvgIpc) is 3.41. The zero-order chi connectivity index (χ0) is 27.9. The molecule has 1 fully saturated rings. The van der Waals surface area contributed by atoms with Gasteiger partial charge in [-0.1, -0.05) is 12.6 Å². The van der Waals surface area contributed by atoms with Gasteiger partial charge < -0.3 is 15.1 Å². The van der Waals surface area contributed by atoms with Gasteiger partial charge in [-0.25, -0.2) is 24.5 Å². The summed E-state index contributed by atoms with van der Waals surface area (Å²) >= 11 is 0. The van der Waals surface area contributed by atoms with Crippen LogP contribution in [0.4, 0.5) is 17.3 Å². The number of anilines is 3. The van der Waals surface area contributed by atoms with Crippen LogP contribution in [0.2, 0.25) is 0 Å². The number of aromatic nitrogens is 6. The number of carbonyl (C=O) groups excluding carboxylic acids is 1. The molecular formula is C30H31N9O. The van der Waals surface area contributed by atoms with Crippen molar-refractivity contribution in [3.05, 3.63) is 90.7 Å². The van der Waals surface area contributed by atoms with E-state index in [0.29, 0.717) is 31.0 Å². The fourth-order valence-corrected chi connectivity index (χ4v) is 5.36. The van der Waals surface area contributed by atoms with E-state index in [4.69, 9.17) is 4.98 Å². The van der Waals surface area contributed by atoms with Crippen LogP contribution in [0.3, 0.4) is 0 Å². The number of piperazine rings is 1. The Morgan fingerprint density at radius 2 is 1.95 bits per heavy atom. The van der Waals surface area contributed by atoms with Crippen LogP contribution >= 0.6 is 0 Å². The summed E-state index contributed by atoms with van der Waals surface area (Å²) in [5.74, 6) is 1.44. The molecule has 0 saturated carbocycles. The molecule has 5 heterocycles. The first kappa shape index (κ1) is 25.4. The summed E-state index contributed by atoms with van der Waals surface area (Å²) in [6.45, 7) is 11.8. The minimum atomic E-state index is -0.352. The van der Waals surface area contributed by atoms with E-state index in [2.05, 4.69) is 87.9 Å². The maximum absolute atomic E-state index is 12.3. The van der Waals surface area contributed by atoms with Crippen molar-refractivity contribution >= 4 is 39.9 Å². The van der Waals surface area contributed by atoms with Crippen LogP contribution in [-0.2, 0) is 11.2 Å². The third-order valence-electron chi connectivity index (χ3n) is 7.48. The molecule has 0 bridgehead atoms. The van der Waals surface area contributed by atoms with Gasteiger partial charge in [0.05, 0.1) is 11.1 Å². The molecule has 10 heteroatoms. The first-order valence-corrected chi connectivity index (χ1v) is 13.3. The Morgan fingerprint density at radius 3 is 2.75 bits per heavy atom. The maximum Gasteiger partial charge on any atom is 0.246 e. The molecule has 6 rings (SSSR count). The summed E-state index contributed by atoms with van der Waals surface area (Å²) in [6, 6.07) is 14.4. The van der Waals surface area contributed by atoms with E-state index in [9.17, 15) is 4.79 Å². The molecule has 1 amide bonds. The zero-order valence-electron chi connectivity index (χ0n) is 22.9. The minimum Gasteiger partial charge on any atom is -0.352 e. The van der Waals surface area contributed by atoms with E-state index >= 15 is 0 Å². The van der Waals surface area contributed by atoms with Gasteiger partial charge in [-0.15, -0.1) is 0 Å². The van der Waals surface area contributed by atoms with Crippen LogP contribution < -0.4 is 10.2 Å². The molecule has 202 valence electrons. The van der Waals surface area contributed by atoms with Gasteiger partial charge in [-0.2, -0.15) is 5.10 Å². The second kappa shape index (κ2) is 10.0. The van der Waals surface area contributed by atoms with Crippen LogP contribution in [0, 0.1) is 6.92 Å². The maximum atomic E-state index is 12.3. The molecule has 0 aliphatic carbocycles. The standard InChI is InChI=1S/C30H31N9O/c1-5-27(40)38-13-12-37(17-30(38,3)4)25-9-8-24-28(36-25)29(33-18-31-24)35-23-7-6-22(20(2)14-23)15-21-10-11-39-26(16-21)32-19-34-39/h5-11,14,16,18-19H,1,12-13,15,17H2,2-4H3,(H,31,33,35). The van der Waals surface area contributed by atoms with Gasteiger partial charge in [-0.05, 0) is 86.4 Å². The molecule has 1 aliphatic heterocycles. The number of amides is 1. The predicted octanol–water partition coefficient (Wildman–Crippen LogP) is 4.32. The molecule has 0 atom stereocenters. The lowest BCUT2D eigenvalue weighted by molar-refractivity contribution is -0.131. The smallest absolute Gasteiger partial charge is 0.246 e. The summed E-state index contributed by atoms with van der Waals surface area (Å²) in [7, 11) is 0. The molecular weight excluding hydrogens is 502 g/mol. The normalized spacial score (nSPS) is 15.0. The highest BCUT2D eigenvalue weighted by Crippen LogP contribution is 2.29. The predicted molar refractivity (Wildman–Crippen MR) is 156 cm³/mol. The number of rotatable bonds is 6. The number of hydrogen-bond acceptors (Lipinski definition) is 8. The van der Waals surface area contributed by atoms with E-state index in [1.165, 1.54) is 22.8 Å². The number of pyridine rings is 2.